The number of amides is 1. The standard InChI is InChI=1S/C19H10ClFN2O4S.C2H5Cl.CH3F/c20-10-3-1-9(2-4-10)16-15(19(25)26)13(8-28-16)22-17(24)18-23-12-6-5-11(21)7-14(12)27-18;1-2-3;1-2/h1-8H,(H,22,24)(H,25,26);2H2,1H3;1H3. The molecule has 2 N–H and O–H groups in total. The van der Waals surface area contributed by atoms with E-state index in [9.17, 15) is 23.5 Å². The molecule has 0 saturated carbocycles. The second-order valence-electron chi connectivity index (χ2n) is 6.02. The minimum atomic E-state index is -1.19. The predicted molar refractivity (Wildman–Crippen MR) is 127 cm³/mol. The van der Waals surface area contributed by atoms with Gasteiger partial charge in [-0.3, -0.25) is 9.18 Å². The molecule has 6 nitrogen and oxygen atoms in total. The van der Waals surface area contributed by atoms with E-state index in [-0.39, 0.29) is 22.7 Å². The topological polar surface area (TPSA) is 92.4 Å². The third-order valence-corrected chi connectivity index (χ3v) is 5.19. The first-order chi connectivity index (χ1) is 15.8. The van der Waals surface area contributed by atoms with Crippen LogP contribution in [0.4, 0.5) is 14.5 Å². The van der Waals surface area contributed by atoms with Crippen molar-refractivity contribution in [2.24, 2.45) is 0 Å². The van der Waals surface area contributed by atoms with Gasteiger partial charge < -0.3 is 14.8 Å². The second-order valence-corrected chi connectivity index (χ2v) is 7.87. The molecule has 0 aliphatic rings. The Balaban J connectivity index is 0.000000714. The van der Waals surface area contributed by atoms with Crippen molar-refractivity contribution in [3.8, 4) is 10.4 Å². The third kappa shape index (κ3) is 6.50. The van der Waals surface area contributed by atoms with Crippen LogP contribution in [-0.2, 0) is 0 Å². The number of alkyl halides is 2. The average molecular weight is 515 g/mol. The first-order valence-corrected chi connectivity index (χ1v) is 11.0. The lowest BCUT2D eigenvalue weighted by atomic mass is 10.1. The number of hydrogen-bond donors (Lipinski definition) is 2. The van der Waals surface area contributed by atoms with E-state index in [1.807, 2.05) is 6.92 Å². The molecule has 0 saturated heterocycles. The summed E-state index contributed by atoms with van der Waals surface area (Å²) in [6, 6.07) is 10.4. The number of nitrogens with zero attached hydrogens (tertiary/aromatic N) is 1. The Morgan fingerprint density at radius 1 is 1.18 bits per heavy atom. The molecule has 4 aromatic rings. The summed E-state index contributed by atoms with van der Waals surface area (Å²) in [6.07, 6.45) is 0. The van der Waals surface area contributed by atoms with Crippen molar-refractivity contribution in [3.05, 3.63) is 70.1 Å². The van der Waals surface area contributed by atoms with Crippen LogP contribution in [0.5, 0.6) is 0 Å². The molecule has 0 fully saturated rings. The molecule has 0 radical (unpaired) electrons. The molecule has 2 aromatic carbocycles. The maximum atomic E-state index is 13.3. The van der Waals surface area contributed by atoms with E-state index in [0.29, 0.717) is 28.2 Å². The van der Waals surface area contributed by atoms with Crippen molar-refractivity contribution in [1.82, 2.24) is 4.98 Å². The van der Waals surface area contributed by atoms with Gasteiger partial charge in [-0.2, -0.15) is 0 Å². The van der Waals surface area contributed by atoms with Gasteiger partial charge in [-0.05, 0) is 29.8 Å². The van der Waals surface area contributed by atoms with Gasteiger partial charge in [0.15, 0.2) is 5.58 Å². The number of thiophene rings is 1. The Hall–Kier alpha value is -3.01. The van der Waals surface area contributed by atoms with E-state index in [1.54, 1.807) is 24.3 Å². The Kier molecular flexibility index (Phi) is 9.77. The number of nitrogens with one attached hydrogen (secondary N) is 1. The summed E-state index contributed by atoms with van der Waals surface area (Å²) in [5.41, 5.74) is 1.15. The van der Waals surface area contributed by atoms with Crippen molar-refractivity contribution >= 4 is 63.2 Å². The highest BCUT2D eigenvalue weighted by atomic mass is 35.5. The highest BCUT2D eigenvalue weighted by molar-refractivity contribution is 7.14. The highest BCUT2D eigenvalue weighted by Gasteiger charge is 2.23. The minimum Gasteiger partial charge on any atom is -0.478 e. The molecule has 2 heterocycles. The zero-order valence-corrected chi connectivity index (χ0v) is 19.7. The van der Waals surface area contributed by atoms with Gasteiger partial charge in [-0.25, -0.2) is 14.2 Å². The van der Waals surface area contributed by atoms with E-state index in [4.69, 9.17) is 27.6 Å². The average Bonchev–Trinajstić information content (AvgIpc) is 3.40. The number of carboxylic acids is 1. The molecule has 4 rings (SSSR count). The molecule has 174 valence electrons. The third-order valence-electron chi connectivity index (χ3n) is 3.90. The molecule has 0 aliphatic carbocycles. The van der Waals surface area contributed by atoms with Gasteiger partial charge in [0.1, 0.15) is 16.9 Å². The number of rotatable bonds is 4. The second kappa shape index (κ2) is 12.3. The quantitative estimate of drug-likeness (QED) is 0.282. The summed E-state index contributed by atoms with van der Waals surface area (Å²) in [7, 11) is 0.500. The van der Waals surface area contributed by atoms with Gasteiger partial charge in [0.2, 0.25) is 0 Å². The fourth-order valence-corrected chi connectivity index (χ4v) is 3.77. The zero-order chi connectivity index (χ0) is 24.5. The van der Waals surface area contributed by atoms with Crippen LogP contribution in [0.1, 0.15) is 28.0 Å². The largest absolute Gasteiger partial charge is 0.478 e. The van der Waals surface area contributed by atoms with E-state index >= 15 is 0 Å². The monoisotopic (exact) mass is 514 g/mol. The Morgan fingerprint density at radius 3 is 2.42 bits per heavy atom. The maximum Gasteiger partial charge on any atom is 0.339 e. The number of carbonyl (C=O) groups is 2. The van der Waals surface area contributed by atoms with Crippen LogP contribution in [0, 0.1) is 5.82 Å². The summed E-state index contributed by atoms with van der Waals surface area (Å²) in [6.45, 7) is 1.89. The van der Waals surface area contributed by atoms with Crippen LogP contribution in [0.2, 0.25) is 5.02 Å². The molecular formula is C22H18Cl2F2N2O4S. The summed E-state index contributed by atoms with van der Waals surface area (Å²) >= 11 is 12.0. The van der Waals surface area contributed by atoms with Gasteiger partial charge >= 0.3 is 11.9 Å². The molecule has 0 spiro atoms. The van der Waals surface area contributed by atoms with Crippen molar-refractivity contribution in [1.29, 1.82) is 0 Å². The summed E-state index contributed by atoms with van der Waals surface area (Å²) in [5, 5.41) is 14.2. The molecule has 0 unspecified atom stereocenters. The van der Waals surface area contributed by atoms with E-state index in [2.05, 4.69) is 10.3 Å². The number of oxazole rings is 1. The van der Waals surface area contributed by atoms with Crippen molar-refractivity contribution in [3.63, 3.8) is 0 Å². The normalized spacial score (nSPS) is 10.0. The number of carboxylic acid groups (broad SMARTS) is 1. The molecular weight excluding hydrogens is 497 g/mol. The predicted octanol–water partition coefficient (Wildman–Crippen LogP) is 7.13. The lowest BCUT2D eigenvalue weighted by molar-refractivity contribution is 0.0699. The maximum absolute atomic E-state index is 13.3. The van der Waals surface area contributed by atoms with Crippen molar-refractivity contribution < 1.29 is 27.9 Å². The van der Waals surface area contributed by atoms with Gasteiger partial charge in [0.05, 0.1) is 17.7 Å². The minimum absolute atomic E-state index is 0.0529. The van der Waals surface area contributed by atoms with Crippen LogP contribution in [0.3, 0.4) is 0 Å². The number of anilines is 1. The number of halogens is 4. The van der Waals surface area contributed by atoms with Gasteiger partial charge in [-0.1, -0.05) is 30.7 Å². The van der Waals surface area contributed by atoms with Crippen LogP contribution in [0.25, 0.3) is 21.5 Å². The van der Waals surface area contributed by atoms with Crippen LogP contribution >= 0.6 is 34.5 Å². The Bertz CT molecular complexity index is 1240. The number of fused-ring (bicyclic) bond motifs is 1. The number of carbonyl (C=O) groups excluding carboxylic acids is 1. The summed E-state index contributed by atoms with van der Waals surface area (Å²) in [5.74, 6) is -2.02. The molecule has 33 heavy (non-hydrogen) atoms. The van der Waals surface area contributed by atoms with Crippen LogP contribution in [0.15, 0.2) is 52.3 Å². The molecule has 2 aromatic heterocycles. The molecule has 1 amide bonds. The van der Waals surface area contributed by atoms with Gasteiger partial charge in [-0.15, -0.1) is 22.9 Å². The van der Waals surface area contributed by atoms with E-state index in [1.165, 1.54) is 28.8 Å². The van der Waals surface area contributed by atoms with E-state index < -0.39 is 17.7 Å². The first-order valence-electron chi connectivity index (χ1n) is 9.26. The molecule has 0 bridgehead atoms. The lowest BCUT2D eigenvalue weighted by Crippen LogP contribution is -2.14. The van der Waals surface area contributed by atoms with Crippen molar-refractivity contribution in [2.75, 3.05) is 18.4 Å². The zero-order valence-electron chi connectivity index (χ0n) is 17.4. The number of aromatic nitrogens is 1. The lowest BCUT2D eigenvalue weighted by Gasteiger charge is -2.04. The fraction of sp³-hybridized carbons (Fsp3) is 0.136. The van der Waals surface area contributed by atoms with Gasteiger partial charge in [0, 0.05) is 22.3 Å². The van der Waals surface area contributed by atoms with Crippen molar-refractivity contribution in [2.45, 2.75) is 6.92 Å². The van der Waals surface area contributed by atoms with E-state index in [0.717, 1.165) is 11.9 Å². The molecule has 11 heteroatoms. The van der Waals surface area contributed by atoms with Crippen LogP contribution < -0.4 is 5.32 Å². The first kappa shape index (κ1) is 26.2. The fourth-order valence-electron chi connectivity index (χ4n) is 2.65. The molecule has 0 aliphatic heterocycles. The Labute approximate surface area is 201 Å². The van der Waals surface area contributed by atoms with Gasteiger partial charge in [0.25, 0.3) is 5.89 Å². The number of aromatic carboxylic acids is 1. The highest BCUT2D eigenvalue weighted by Crippen LogP contribution is 2.36. The summed E-state index contributed by atoms with van der Waals surface area (Å²) < 4.78 is 28.0. The number of hydrogen-bond acceptors (Lipinski definition) is 5. The smallest absolute Gasteiger partial charge is 0.339 e. The Morgan fingerprint density at radius 2 is 1.82 bits per heavy atom. The SMILES string of the molecule is CCCl.CF.O=C(Nc1csc(-c2ccc(Cl)cc2)c1C(=O)O)c1nc2ccc(F)cc2o1. The molecule has 0 atom stereocenters. The number of benzene rings is 2. The van der Waals surface area contributed by atoms with Crippen LogP contribution in [-0.4, -0.2) is 35.0 Å². The summed E-state index contributed by atoms with van der Waals surface area (Å²) in [4.78, 5) is 28.7.